The maximum absolute atomic E-state index is 12.9. The Labute approximate surface area is 139 Å². The fraction of sp³-hybridized carbons (Fsp3) is 0.412. The van der Waals surface area contributed by atoms with Crippen molar-refractivity contribution in [1.29, 1.82) is 0 Å². The number of esters is 2. The molecule has 0 N–H and O–H groups in total. The van der Waals surface area contributed by atoms with E-state index in [1.165, 1.54) is 38.3 Å². The number of Topliss-reactive ketones (excluding diaryl/α,β-unsaturated/α-hetero) is 2. The van der Waals surface area contributed by atoms with E-state index in [0.29, 0.717) is 5.75 Å². The first-order valence-corrected chi connectivity index (χ1v) is 7.18. The van der Waals surface area contributed by atoms with Gasteiger partial charge in [-0.3, -0.25) is 14.4 Å². The maximum atomic E-state index is 12.9. The summed E-state index contributed by atoms with van der Waals surface area (Å²) >= 11 is 0. The molecule has 0 aliphatic rings. The highest BCUT2D eigenvalue weighted by molar-refractivity contribution is 6.25. The van der Waals surface area contributed by atoms with Gasteiger partial charge in [-0.15, -0.1) is 0 Å². The third-order valence-electron chi connectivity index (χ3n) is 3.66. The average Bonchev–Trinajstić information content (AvgIpc) is 2.60. The molecule has 1 rings (SSSR count). The lowest BCUT2D eigenvalue weighted by atomic mass is 9.76. The van der Waals surface area contributed by atoms with Gasteiger partial charge in [-0.25, -0.2) is 0 Å². The fourth-order valence-electron chi connectivity index (χ4n) is 2.29. The molecule has 0 spiro atoms. The van der Waals surface area contributed by atoms with Gasteiger partial charge in [-0.1, -0.05) is 0 Å². The number of hydrogen-bond donors (Lipinski definition) is 0. The molecule has 7 nitrogen and oxygen atoms in total. The van der Waals surface area contributed by atoms with E-state index in [0.717, 1.165) is 14.2 Å². The SMILES string of the molecule is COC(=O)C(CCC(C)=O)(C(=O)OC)C(=O)c1ccc(OC)cc1. The molecular weight excluding hydrogens is 316 g/mol. The van der Waals surface area contributed by atoms with Crippen LogP contribution in [-0.2, 0) is 23.9 Å². The summed E-state index contributed by atoms with van der Waals surface area (Å²) in [6, 6.07) is 5.90. The summed E-state index contributed by atoms with van der Waals surface area (Å²) < 4.78 is 14.3. The minimum atomic E-state index is -2.22. The molecule has 0 amide bonds. The van der Waals surface area contributed by atoms with Gasteiger partial charge >= 0.3 is 11.9 Å². The summed E-state index contributed by atoms with van der Waals surface area (Å²) in [4.78, 5) is 48.9. The molecule has 130 valence electrons. The number of carbonyl (C=O) groups is 4. The van der Waals surface area contributed by atoms with Crippen LogP contribution in [0.15, 0.2) is 24.3 Å². The van der Waals surface area contributed by atoms with Crippen LogP contribution >= 0.6 is 0 Å². The van der Waals surface area contributed by atoms with Crippen molar-refractivity contribution < 1.29 is 33.4 Å². The first kappa shape index (κ1) is 19.3. The topological polar surface area (TPSA) is 96.0 Å². The zero-order valence-electron chi connectivity index (χ0n) is 14.1. The molecule has 7 heteroatoms. The minimum absolute atomic E-state index is 0.107. The van der Waals surface area contributed by atoms with Crippen LogP contribution in [0.25, 0.3) is 0 Å². The minimum Gasteiger partial charge on any atom is -0.497 e. The number of methoxy groups -OCH3 is 3. The van der Waals surface area contributed by atoms with Crippen LogP contribution in [0, 0.1) is 5.41 Å². The molecule has 0 fully saturated rings. The second-order valence-corrected chi connectivity index (χ2v) is 5.15. The first-order chi connectivity index (χ1) is 11.3. The molecule has 0 aromatic heterocycles. The summed E-state index contributed by atoms with van der Waals surface area (Å²) in [5.74, 6) is -2.66. The largest absolute Gasteiger partial charge is 0.497 e. The van der Waals surface area contributed by atoms with Gasteiger partial charge in [0.1, 0.15) is 11.5 Å². The number of ketones is 2. The molecular formula is C17H20O7. The number of rotatable bonds is 8. The van der Waals surface area contributed by atoms with Crippen LogP contribution in [0.4, 0.5) is 0 Å². The van der Waals surface area contributed by atoms with Crippen molar-refractivity contribution in [2.24, 2.45) is 5.41 Å². The molecule has 0 unspecified atom stereocenters. The quantitative estimate of drug-likeness (QED) is 0.404. The van der Waals surface area contributed by atoms with Crippen molar-refractivity contribution >= 4 is 23.5 Å². The highest BCUT2D eigenvalue weighted by atomic mass is 16.5. The highest BCUT2D eigenvalue weighted by Crippen LogP contribution is 2.33. The third-order valence-corrected chi connectivity index (χ3v) is 3.66. The van der Waals surface area contributed by atoms with Gasteiger partial charge in [-0.2, -0.15) is 0 Å². The summed E-state index contributed by atoms with van der Waals surface area (Å²) in [5, 5.41) is 0. The molecule has 0 radical (unpaired) electrons. The van der Waals surface area contributed by atoms with Crippen molar-refractivity contribution in [3.05, 3.63) is 29.8 Å². The number of carbonyl (C=O) groups excluding carboxylic acids is 4. The van der Waals surface area contributed by atoms with Gasteiger partial charge in [0.2, 0.25) is 5.41 Å². The summed E-state index contributed by atoms with van der Waals surface area (Å²) in [7, 11) is 3.60. The van der Waals surface area contributed by atoms with E-state index in [1.54, 1.807) is 0 Å². The van der Waals surface area contributed by atoms with Crippen molar-refractivity contribution in [3.63, 3.8) is 0 Å². The molecule has 0 heterocycles. The van der Waals surface area contributed by atoms with Crippen molar-refractivity contribution in [3.8, 4) is 5.75 Å². The Morgan fingerprint density at radius 1 is 0.917 bits per heavy atom. The van der Waals surface area contributed by atoms with E-state index in [2.05, 4.69) is 9.47 Å². The normalized spacial score (nSPS) is 10.7. The molecule has 1 aromatic rings. The van der Waals surface area contributed by atoms with Crippen LogP contribution in [0.2, 0.25) is 0 Å². The van der Waals surface area contributed by atoms with Crippen molar-refractivity contribution in [1.82, 2.24) is 0 Å². The van der Waals surface area contributed by atoms with Crippen molar-refractivity contribution in [2.75, 3.05) is 21.3 Å². The lowest BCUT2D eigenvalue weighted by Gasteiger charge is -2.26. The Balaban J connectivity index is 3.40. The standard InChI is InChI=1S/C17H20O7/c1-11(18)9-10-17(15(20)23-3,16(21)24-4)14(19)12-5-7-13(22-2)8-6-12/h5-8H,9-10H2,1-4H3. The molecule has 1 aromatic carbocycles. The number of benzene rings is 1. The number of ether oxygens (including phenoxy) is 3. The Hall–Kier alpha value is -2.70. The highest BCUT2D eigenvalue weighted by Gasteiger charge is 2.55. The monoisotopic (exact) mass is 336 g/mol. The third kappa shape index (κ3) is 3.79. The second kappa shape index (κ2) is 8.24. The molecule has 0 bridgehead atoms. The molecule has 0 aliphatic heterocycles. The van der Waals surface area contributed by atoms with E-state index >= 15 is 0 Å². The van der Waals surface area contributed by atoms with Gasteiger partial charge in [0, 0.05) is 12.0 Å². The molecule has 0 saturated carbocycles. The van der Waals surface area contributed by atoms with Crippen LogP contribution in [-0.4, -0.2) is 44.8 Å². The van der Waals surface area contributed by atoms with Crippen molar-refractivity contribution in [2.45, 2.75) is 19.8 Å². The zero-order valence-corrected chi connectivity index (χ0v) is 14.1. The Bertz CT molecular complexity index is 615. The predicted octanol–water partition coefficient (Wildman–Crippen LogP) is 1.58. The summed E-state index contributed by atoms with van der Waals surface area (Å²) in [5.41, 5.74) is -2.11. The smallest absolute Gasteiger partial charge is 0.331 e. The Morgan fingerprint density at radius 2 is 1.42 bits per heavy atom. The van der Waals surface area contributed by atoms with Crippen LogP contribution in [0.3, 0.4) is 0 Å². The predicted molar refractivity (Wildman–Crippen MR) is 83.7 cm³/mol. The van der Waals surface area contributed by atoms with E-state index in [1.807, 2.05) is 0 Å². The average molecular weight is 336 g/mol. The van der Waals surface area contributed by atoms with Gasteiger partial charge in [0.25, 0.3) is 0 Å². The van der Waals surface area contributed by atoms with E-state index in [4.69, 9.17) is 4.74 Å². The van der Waals surface area contributed by atoms with E-state index in [-0.39, 0.29) is 24.2 Å². The lowest BCUT2D eigenvalue weighted by molar-refractivity contribution is -0.165. The van der Waals surface area contributed by atoms with Crippen LogP contribution < -0.4 is 4.74 Å². The van der Waals surface area contributed by atoms with E-state index in [9.17, 15) is 19.2 Å². The summed E-state index contributed by atoms with van der Waals surface area (Å²) in [6.07, 6.45) is -0.474. The molecule has 24 heavy (non-hydrogen) atoms. The van der Waals surface area contributed by atoms with Gasteiger partial charge < -0.3 is 19.0 Å². The van der Waals surface area contributed by atoms with Crippen LogP contribution in [0.1, 0.15) is 30.1 Å². The number of hydrogen-bond acceptors (Lipinski definition) is 7. The molecule has 0 saturated heterocycles. The van der Waals surface area contributed by atoms with Crippen LogP contribution in [0.5, 0.6) is 5.75 Å². The molecule has 0 aliphatic carbocycles. The fourth-order valence-corrected chi connectivity index (χ4v) is 2.29. The summed E-state index contributed by atoms with van der Waals surface area (Å²) in [6.45, 7) is 1.30. The van der Waals surface area contributed by atoms with Gasteiger partial charge in [0.05, 0.1) is 21.3 Å². The maximum Gasteiger partial charge on any atom is 0.331 e. The Morgan fingerprint density at radius 3 is 1.79 bits per heavy atom. The first-order valence-electron chi connectivity index (χ1n) is 7.18. The zero-order chi connectivity index (χ0) is 18.3. The van der Waals surface area contributed by atoms with E-state index < -0.39 is 23.1 Å². The second-order valence-electron chi connectivity index (χ2n) is 5.15. The van der Waals surface area contributed by atoms with Gasteiger partial charge in [0.15, 0.2) is 5.78 Å². The van der Waals surface area contributed by atoms with Gasteiger partial charge in [-0.05, 0) is 37.6 Å². The lowest BCUT2D eigenvalue weighted by Crippen LogP contribution is -2.48. The Kier molecular flexibility index (Phi) is 6.64. The molecule has 0 atom stereocenters.